The molecule has 120 valence electrons. The van der Waals surface area contributed by atoms with Gasteiger partial charge in [-0.1, -0.05) is 0 Å². The first kappa shape index (κ1) is 17.3. The highest BCUT2D eigenvalue weighted by Crippen LogP contribution is 2.49. The van der Waals surface area contributed by atoms with Crippen molar-refractivity contribution in [2.24, 2.45) is 5.73 Å². The van der Waals surface area contributed by atoms with Crippen LogP contribution >= 0.6 is 0 Å². The summed E-state index contributed by atoms with van der Waals surface area (Å²) in [6, 6.07) is -0.500. The molecule has 0 aliphatic heterocycles. The van der Waals surface area contributed by atoms with Crippen molar-refractivity contribution in [2.45, 2.75) is 18.1 Å². The van der Waals surface area contributed by atoms with Crippen LogP contribution in [0.15, 0.2) is 12.1 Å². The molecule has 0 aromatic heterocycles. The summed E-state index contributed by atoms with van der Waals surface area (Å²) >= 11 is 0. The van der Waals surface area contributed by atoms with E-state index in [9.17, 15) is 22.0 Å². The van der Waals surface area contributed by atoms with E-state index in [0.717, 1.165) is 13.2 Å². The molecule has 21 heavy (non-hydrogen) atoms. The van der Waals surface area contributed by atoms with Crippen LogP contribution in [0.1, 0.15) is 11.6 Å². The van der Waals surface area contributed by atoms with E-state index in [1.807, 2.05) is 0 Å². The van der Waals surface area contributed by atoms with E-state index in [-0.39, 0.29) is 17.2 Å². The number of methoxy groups -OCH3 is 3. The molecule has 0 amide bonds. The summed E-state index contributed by atoms with van der Waals surface area (Å²) in [6.07, 6.45) is -5.79. The molecule has 0 bridgehead atoms. The van der Waals surface area contributed by atoms with Crippen molar-refractivity contribution >= 4 is 0 Å². The van der Waals surface area contributed by atoms with Crippen LogP contribution in [-0.2, 0) is 0 Å². The normalized spacial score (nSPS) is 13.8. The number of halogens is 5. The van der Waals surface area contributed by atoms with Gasteiger partial charge in [-0.05, 0) is 12.1 Å². The molecule has 0 aliphatic carbocycles. The third kappa shape index (κ3) is 2.97. The molecule has 9 heteroatoms. The number of alkyl halides is 5. The molecule has 0 saturated heterocycles. The van der Waals surface area contributed by atoms with E-state index < -0.39 is 23.7 Å². The summed E-state index contributed by atoms with van der Waals surface area (Å²) in [5.74, 6) is -5.47. The molecule has 0 radical (unpaired) electrons. The first-order valence-electron chi connectivity index (χ1n) is 5.60. The van der Waals surface area contributed by atoms with Crippen molar-refractivity contribution in [3.05, 3.63) is 17.7 Å². The maximum absolute atomic E-state index is 13.4. The van der Waals surface area contributed by atoms with Gasteiger partial charge in [0.15, 0.2) is 11.5 Å². The largest absolute Gasteiger partial charge is 0.493 e. The lowest BCUT2D eigenvalue weighted by atomic mass is 9.99. The topological polar surface area (TPSA) is 53.7 Å². The van der Waals surface area contributed by atoms with E-state index in [2.05, 4.69) is 0 Å². The average molecular weight is 315 g/mol. The van der Waals surface area contributed by atoms with Gasteiger partial charge in [-0.25, -0.2) is 0 Å². The molecule has 0 aliphatic rings. The van der Waals surface area contributed by atoms with Crippen LogP contribution in [0.4, 0.5) is 22.0 Å². The number of nitrogens with two attached hydrogens (primary N) is 1. The molecular formula is C12H14F5NO3. The number of ether oxygens (including phenoxy) is 3. The van der Waals surface area contributed by atoms with Crippen LogP contribution in [0.2, 0.25) is 0 Å². The second-order valence-corrected chi connectivity index (χ2v) is 4.02. The van der Waals surface area contributed by atoms with Gasteiger partial charge in [-0.2, -0.15) is 22.0 Å². The van der Waals surface area contributed by atoms with Crippen LogP contribution in [0.5, 0.6) is 17.2 Å². The van der Waals surface area contributed by atoms with Crippen molar-refractivity contribution in [3.8, 4) is 17.2 Å². The van der Waals surface area contributed by atoms with Crippen LogP contribution in [-0.4, -0.2) is 33.4 Å². The highest BCUT2D eigenvalue weighted by Gasteiger charge is 2.62. The Morgan fingerprint density at radius 2 is 1.43 bits per heavy atom. The smallest absolute Gasteiger partial charge is 0.455 e. The Morgan fingerprint density at radius 1 is 0.905 bits per heavy atom. The summed E-state index contributed by atoms with van der Waals surface area (Å²) in [6.45, 7) is 0. The van der Waals surface area contributed by atoms with Gasteiger partial charge in [-0.15, -0.1) is 0 Å². The minimum Gasteiger partial charge on any atom is -0.493 e. The van der Waals surface area contributed by atoms with E-state index in [0.29, 0.717) is 0 Å². The summed E-state index contributed by atoms with van der Waals surface area (Å²) < 4.78 is 78.6. The zero-order chi connectivity index (χ0) is 16.4. The van der Waals surface area contributed by atoms with Crippen LogP contribution in [0.25, 0.3) is 0 Å². The van der Waals surface area contributed by atoms with Gasteiger partial charge in [0.2, 0.25) is 5.75 Å². The number of hydrogen-bond acceptors (Lipinski definition) is 4. The second kappa shape index (κ2) is 5.92. The lowest BCUT2D eigenvalue weighted by Gasteiger charge is -2.27. The predicted molar refractivity (Wildman–Crippen MR) is 64.0 cm³/mol. The molecule has 1 atom stereocenters. The Kier molecular flexibility index (Phi) is 4.87. The lowest BCUT2D eigenvalue weighted by Crippen LogP contribution is -2.46. The van der Waals surface area contributed by atoms with E-state index >= 15 is 0 Å². The zero-order valence-electron chi connectivity index (χ0n) is 11.4. The molecule has 0 spiro atoms. The van der Waals surface area contributed by atoms with Crippen LogP contribution in [0.3, 0.4) is 0 Å². The standard InChI is InChI=1S/C12H14F5NO3/c1-19-7-5-4-6(8(20-2)9(7)21-3)10(18)11(13,14)12(15,16)17/h4-5,10H,18H2,1-3H3. The zero-order valence-corrected chi connectivity index (χ0v) is 11.4. The fourth-order valence-electron chi connectivity index (χ4n) is 1.74. The monoisotopic (exact) mass is 315 g/mol. The Bertz CT molecular complexity index is 504. The molecular weight excluding hydrogens is 301 g/mol. The van der Waals surface area contributed by atoms with Crippen molar-refractivity contribution in [1.29, 1.82) is 0 Å². The quantitative estimate of drug-likeness (QED) is 0.849. The first-order chi connectivity index (χ1) is 9.61. The van der Waals surface area contributed by atoms with Crippen LogP contribution < -0.4 is 19.9 Å². The molecule has 0 fully saturated rings. The molecule has 2 N–H and O–H groups in total. The van der Waals surface area contributed by atoms with Crippen molar-refractivity contribution in [2.75, 3.05) is 21.3 Å². The van der Waals surface area contributed by atoms with Gasteiger partial charge < -0.3 is 19.9 Å². The summed E-state index contributed by atoms with van der Waals surface area (Å²) in [5.41, 5.74) is 4.56. The summed E-state index contributed by atoms with van der Waals surface area (Å²) in [7, 11) is 3.57. The third-order valence-corrected chi connectivity index (χ3v) is 2.84. The number of hydrogen-bond donors (Lipinski definition) is 1. The van der Waals surface area contributed by atoms with E-state index in [4.69, 9.17) is 19.9 Å². The fourth-order valence-corrected chi connectivity index (χ4v) is 1.74. The molecule has 0 saturated carbocycles. The maximum atomic E-state index is 13.4. The minimum atomic E-state index is -5.79. The highest BCUT2D eigenvalue weighted by atomic mass is 19.4. The Morgan fingerprint density at radius 3 is 1.81 bits per heavy atom. The molecule has 1 aromatic rings. The van der Waals surface area contributed by atoms with E-state index in [1.165, 1.54) is 20.3 Å². The molecule has 1 rings (SSSR count). The van der Waals surface area contributed by atoms with Crippen molar-refractivity contribution < 1.29 is 36.2 Å². The summed E-state index contributed by atoms with van der Waals surface area (Å²) in [4.78, 5) is 0. The second-order valence-electron chi connectivity index (χ2n) is 4.02. The lowest BCUT2D eigenvalue weighted by molar-refractivity contribution is -0.291. The van der Waals surface area contributed by atoms with Gasteiger partial charge in [0.05, 0.1) is 21.3 Å². The van der Waals surface area contributed by atoms with Crippen molar-refractivity contribution in [1.82, 2.24) is 0 Å². The van der Waals surface area contributed by atoms with E-state index in [1.54, 1.807) is 0 Å². The Balaban J connectivity index is 3.44. The predicted octanol–water partition coefficient (Wildman–Crippen LogP) is 2.91. The highest BCUT2D eigenvalue weighted by molar-refractivity contribution is 5.57. The average Bonchev–Trinajstić information content (AvgIpc) is 2.43. The summed E-state index contributed by atoms with van der Waals surface area (Å²) in [5, 5.41) is 0. The SMILES string of the molecule is COc1ccc(C(N)C(F)(F)C(F)(F)F)c(OC)c1OC. The Labute approximate surface area is 117 Å². The first-order valence-corrected chi connectivity index (χ1v) is 5.60. The maximum Gasteiger partial charge on any atom is 0.455 e. The number of benzene rings is 1. The molecule has 1 unspecified atom stereocenters. The number of rotatable bonds is 5. The fraction of sp³-hybridized carbons (Fsp3) is 0.500. The van der Waals surface area contributed by atoms with Crippen LogP contribution in [0, 0.1) is 0 Å². The molecule has 4 nitrogen and oxygen atoms in total. The van der Waals surface area contributed by atoms with Gasteiger partial charge in [0, 0.05) is 5.56 Å². The van der Waals surface area contributed by atoms with Crippen molar-refractivity contribution in [3.63, 3.8) is 0 Å². The van der Waals surface area contributed by atoms with Gasteiger partial charge in [0.1, 0.15) is 6.04 Å². The van der Waals surface area contributed by atoms with Gasteiger partial charge in [-0.3, -0.25) is 0 Å². The van der Waals surface area contributed by atoms with Gasteiger partial charge >= 0.3 is 12.1 Å². The minimum absolute atomic E-state index is 0.112. The third-order valence-electron chi connectivity index (χ3n) is 2.84. The Hall–Kier alpha value is -1.77. The molecule has 1 aromatic carbocycles. The molecule has 0 heterocycles. The van der Waals surface area contributed by atoms with Gasteiger partial charge in [0.25, 0.3) is 0 Å².